The minimum Gasteiger partial charge on any atom is -0.480 e. The number of carbonyl (C=O) groups excluding carboxylic acids is 3. The molecule has 0 aliphatic rings. The lowest BCUT2D eigenvalue weighted by Gasteiger charge is -2.14. The second-order valence-corrected chi connectivity index (χ2v) is 6.24. The van der Waals surface area contributed by atoms with E-state index in [0.29, 0.717) is 26.2 Å². The highest BCUT2D eigenvalue weighted by atomic mass is 16.5. The Hall–Kier alpha value is -2.32. The highest BCUT2D eigenvalue weighted by Gasteiger charge is 2.21. The van der Waals surface area contributed by atoms with Gasteiger partial charge in [-0.15, -0.1) is 0 Å². The van der Waals surface area contributed by atoms with E-state index < -0.39 is 23.8 Å². The molecule has 13 heteroatoms. The van der Waals surface area contributed by atoms with Crippen LogP contribution in [0.2, 0.25) is 0 Å². The van der Waals surface area contributed by atoms with Crippen LogP contribution in [0.4, 0.5) is 0 Å². The number of unbranched alkanes of at least 4 members (excludes halogenated alkanes) is 1. The van der Waals surface area contributed by atoms with Crippen LogP contribution in [0.15, 0.2) is 0 Å². The fraction of sp³-hybridized carbons (Fsp3) is 0.765. The van der Waals surface area contributed by atoms with Gasteiger partial charge in [-0.1, -0.05) is 0 Å². The van der Waals surface area contributed by atoms with Crippen LogP contribution in [0.1, 0.15) is 25.7 Å². The van der Waals surface area contributed by atoms with Crippen molar-refractivity contribution in [2.75, 3.05) is 52.6 Å². The Balaban J connectivity index is 3.99. The maximum absolute atomic E-state index is 11.8. The van der Waals surface area contributed by atoms with Crippen LogP contribution in [0.5, 0.6) is 0 Å². The molecule has 0 aromatic carbocycles. The summed E-state index contributed by atoms with van der Waals surface area (Å²) in [4.78, 5) is 46.4. The predicted octanol–water partition coefficient (Wildman–Crippen LogP) is -3.20. The Morgan fingerprint density at radius 1 is 0.900 bits per heavy atom. The molecule has 174 valence electrons. The van der Waals surface area contributed by atoms with E-state index in [1.807, 2.05) is 0 Å². The van der Waals surface area contributed by atoms with Gasteiger partial charge in [0.2, 0.25) is 17.7 Å². The topological polar surface area (TPSA) is 207 Å². The van der Waals surface area contributed by atoms with Gasteiger partial charge in [-0.2, -0.15) is 0 Å². The number of nitrogens with one attached hydrogen (secondary N) is 4. The highest BCUT2D eigenvalue weighted by Crippen LogP contribution is 1.98. The molecule has 0 aromatic heterocycles. The molecule has 0 aromatic rings. The molecule has 30 heavy (non-hydrogen) atoms. The van der Waals surface area contributed by atoms with Crippen molar-refractivity contribution in [3.8, 4) is 0 Å². The van der Waals surface area contributed by atoms with E-state index in [-0.39, 0.29) is 45.1 Å². The van der Waals surface area contributed by atoms with Crippen molar-refractivity contribution < 1.29 is 33.8 Å². The van der Waals surface area contributed by atoms with Gasteiger partial charge in [0.25, 0.3) is 0 Å². The molecule has 1 unspecified atom stereocenters. The van der Waals surface area contributed by atoms with Crippen molar-refractivity contribution in [1.29, 1.82) is 0 Å². The first kappa shape index (κ1) is 27.7. The Labute approximate surface area is 175 Å². The zero-order valence-corrected chi connectivity index (χ0v) is 17.1. The SMILES string of the molecule is NCCCCNC(=O)CNC(=O)CCC(NC(=O)COCCOCCNN)C(=O)O. The van der Waals surface area contributed by atoms with Crippen molar-refractivity contribution in [2.45, 2.75) is 31.7 Å². The number of carboxylic acids is 1. The van der Waals surface area contributed by atoms with Gasteiger partial charge in [-0.05, 0) is 25.8 Å². The molecule has 0 bridgehead atoms. The molecular weight excluding hydrogens is 400 g/mol. The number of hydrazine groups is 1. The average molecular weight is 434 g/mol. The van der Waals surface area contributed by atoms with Crippen LogP contribution in [-0.2, 0) is 28.7 Å². The van der Waals surface area contributed by atoms with Gasteiger partial charge in [0, 0.05) is 19.5 Å². The quantitative estimate of drug-likeness (QED) is 0.0615. The van der Waals surface area contributed by atoms with E-state index in [9.17, 15) is 24.3 Å². The molecule has 0 radical (unpaired) electrons. The van der Waals surface area contributed by atoms with E-state index >= 15 is 0 Å². The first-order chi connectivity index (χ1) is 14.4. The average Bonchev–Trinajstić information content (AvgIpc) is 2.71. The van der Waals surface area contributed by atoms with Crippen LogP contribution >= 0.6 is 0 Å². The lowest BCUT2D eigenvalue weighted by Crippen LogP contribution is -2.43. The maximum atomic E-state index is 11.8. The summed E-state index contributed by atoms with van der Waals surface area (Å²) < 4.78 is 10.2. The number of rotatable bonds is 19. The van der Waals surface area contributed by atoms with E-state index in [0.717, 1.165) is 12.8 Å². The lowest BCUT2D eigenvalue weighted by molar-refractivity contribution is -0.143. The molecule has 0 spiro atoms. The van der Waals surface area contributed by atoms with E-state index in [2.05, 4.69) is 21.4 Å². The van der Waals surface area contributed by atoms with Gasteiger partial charge in [0.1, 0.15) is 12.6 Å². The summed E-state index contributed by atoms with van der Waals surface area (Å²) in [6.45, 7) is 1.77. The van der Waals surface area contributed by atoms with Gasteiger partial charge >= 0.3 is 5.97 Å². The molecule has 0 saturated heterocycles. The Morgan fingerprint density at radius 2 is 1.63 bits per heavy atom. The third kappa shape index (κ3) is 16.6. The van der Waals surface area contributed by atoms with E-state index in [4.69, 9.17) is 21.1 Å². The lowest BCUT2D eigenvalue weighted by atomic mass is 10.1. The number of ether oxygens (including phenoxy) is 2. The summed E-state index contributed by atoms with van der Waals surface area (Å²) >= 11 is 0. The van der Waals surface area contributed by atoms with Gasteiger partial charge in [-0.3, -0.25) is 25.7 Å². The Bertz CT molecular complexity index is 521. The number of amides is 3. The minimum atomic E-state index is -1.27. The van der Waals surface area contributed by atoms with Crippen LogP contribution in [0, 0.1) is 0 Å². The molecule has 0 fully saturated rings. The minimum absolute atomic E-state index is 0.125. The molecule has 0 aliphatic carbocycles. The number of hydrogen-bond acceptors (Lipinski definition) is 9. The van der Waals surface area contributed by atoms with Crippen molar-refractivity contribution in [3.63, 3.8) is 0 Å². The molecule has 0 aliphatic heterocycles. The monoisotopic (exact) mass is 434 g/mol. The molecule has 3 amide bonds. The van der Waals surface area contributed by atoms with Gasteiger partial charge in [-0.25, -0.2) is 4.79 Å². The van der Waals surface area contributed by atoms with Crippen LogP contribution in [-0.4, -0.2) is 87.4 Å². The van der Waals surface area contributed by atoms with Crippen molar-refractivity contribution in [3.05, 3.63) is 0 Å². The Kier molecular flexibility index (Phi) is 17.2. The number of carbonyl (C=O) groups is 4. The number of nitrogens with two attached hydrogens (primary N) is 2. The van der Waals surface area contributed by atoms with Crippen LogP contribution < -0.4 is 33.0 Å². The summed E-state index contributed by atoms with van der Waals surface area (Å²) in [7, 11) is 0. The molecule has 0 heterocycles. The van der Waals surface area contributed by atoms with Crippen molar-refractivity contribution in [2.24, 2.45) is 11.6 Å². The molecular formula is C17H34N6O7. The molecule has 1 atom stereocenters. The first-order valence-electron chi connectivity index (χ1n) is 9.75. The molecule has 13 nitrogen and oxygen atoms in total. The summed E-state index contributed by atoms with van der Waals surface area (Å²) in [5, 5.41) is 16.5. The summed E-state index contributed by atoms with van der Waals surface area (Å²) in [5.74, 6) is 2.34. The standard InChI is InChI=1S/C17H34N6O7/c18-5-1-2-6-20-15(25)11-21-14(24)4-3-13(17(27)28)23-16(26)12-30-10-9-29-8-7-22-19/h13,22H,1-12,18-19H2,(H,20,25)(H,21,24)(H,23,26)(H,27,28). The highest BCUT2D eigenvalue weighted by molar-refractivity contribution is 5.86. The second-order valence-electron chi connectivity index (χ2n) is 6.24. The van der Waals surface area contributed by atoms with Crippen molar-refractivity contribution in [1.82, 2.24) is 21.4 Å². The smallest absolute Gasteiger partial charge is 0.326 e. The summed E-state index contributed by atoms with van der Waals surface area (Å²) in [6.07, 6.45) is 1.25. The summed E-state index contributed by atoms with van der Waals surface area (Å²) in [6, 6.07) is -1.25. The normalized spacial score (nSPS) is 11.5. The van der Waals surface area contributed by atoms with Crippen LogP contribution in [0.3, 0.4) is 0 Å². The van der Waals surface area contributed by atoms with Gasteiger partial charge < -0.3 is 36.3 Å². The number of aliphatic carboxylic acids is 1. The number of hydrogen-bond donors (Lipinski definition) is 7. The molecule has 0 saturated carbocycles. The first-order valence-corrected chi connectivity index (χ1v) is 9.75. The van der Waals surface area contributed by atoms with Crippen LogP contribution in [0.25, 0.3) is 0 Å². The third-order valence-electron chi connectivity index (χ3n) is 3.69. The van der Waals surface area contributed by atoms with E-state index in [1.165, 1.54) is 0 Å². The van der Waals surface area contributed by atoms with Gasteiger partial charge in [0.05, 0.1) is 26.4 Å². The molecule has 0 rings (SSSR count). The zero-order chi connectivity index (χ0) is 22.6. The van der Waals surface area contributed by atoms with Crippen molar-refractivity contribution >= 4 is 23.7 Å². The molecule has 9 N–H and O–H groups in total. The fourth-order valence-electron chi connectivity index (χ4n) is 2.11. The third-order valence-corrected chi connectivity index (χ3v) is 3.69. The van der Waals surface area contributed by atoms with E-state index in [1.54, 1.807) is 0 Å². The predicted molar refractivity (Wildman–Crippen MR) is 107 cm³/mol. The second kappa shape index (κ2) is 18.7. The number of carboxylic acid groups (broad SMARTS) is 1. The Morgan fingerprint density at radius 3 is 2.30 bits per heavy atom. The fourth-order valence-corrected chi connectivity index (χ4v) is 2.11. The largest absolute Gasteiger partial charge is 0.480 e. The zero-order valence-electron chi connectivity index (χ0n) is 17.1. The van der Waals surface area contributed by atoms with Gasteiger partial charge in [0.15, 0.2) is 0 Å². The summed E-state index contributed by atoms with van der Waals surface area (Å²) in [5.41, 5.74) is 7.77. The maximum Gasteiger partial charge on any atom is 0.326 e.